The third-order valence-electron chi connectivity index (χ3n) is 3.75. The fourth-order valence-electron chi connectivity index (χ4n) is 2.90. The highest BCUT2D eigenvalue weighted by molar-refractivity contribution is 5.46. The Balaban J connectivity index is 0.000000637. The molecule has 0 nitrogen and oxygen atoms in total. The SMILES string of the molecule is C=CC1CC(c2ccccc2)c2ccccc21.CC. The zero-order valence-electron chi connectivity index (χ0n) is 11.8. The summed E-state index contributed by atoms with van der Waals surface area (Å²) in [5.41, 5.74) is 4.35. The van der Waals surface area contributed by atoms with E-state index in [9.17, 15) is 0 Å². The molecule has 1 aliphatic carbocycles. The van der Waals surface area contributed by atoms with Gasteiger partial charge in [0.2, 0.25) is 0 Å². The maximum Gasteiger partial charge on any atom is 0.0101 e. The number of benzene rings is 2. The summed E-state index contributed by atoms with van der Waals surface area (Å²) in [6, 6.07) is 19.6. The zero-order chi connectivity index (χ0) is 13.7. The van der Waals surface area contributed by atoms with E-state index >= 15 is 0 Å². The van der Waals surface area contributed by atoms with E-state index in [0.717, 1.165) is 6.42 Å². The maximum absolute atomic E-state index is 3.97. The number of rotatable bonds is 2. The molecule has 2 atom stereocenters. The second kappa shape index (κ2) is 6.38. The predicted octanol–water partition coefficient (Wildman–Crippen LogP) is 5.52. The molecule has 0 radical (unpaired) electrons. The Morgan fingerprint density at radius 2 is 1.47 bits per heavy atom. The third-order valence-corrected chi connectivity index (χ3v) is 3.75. The lowest BCUT2D eigenvalue weighted by atomic mass is 9.93. The minimum atomic E-state index is 0.511. The standard InChI is InChI=1S/C17H16.C2H6/c1-2-13-12-17(14-8-4-3-5-9-14)16-11-7-6-10-15(13)16;1-2/h2-11,13,17H,1,12H2;1-2H3. The molecular formula is C19H22. The highest BCUT2D eigenvalue weighted by atomic mass is 14.3. The molecule has 0 heterocycles. The van der Waals surface area contributed by atoms with Gasteiger partial charge < -0.3 is 0 Å². The smallest absolute Gasteiger partial charge is 0.0101 e. The van der Waals surface area contributed by atoms with Crippen molar-refractivity contribution in [2.45, 2.75) is 32.1 Å². The molecule has 0 heteroatoms. The second-order valence-electron chi connectivity index (χ2n) is 4.67. The minimum absolute atomic E-state index is 0.511. The van der Waals surface area contributed by atoms with Crippen LogP contribution in [0.5, 0.6) is 0 Å². The first-order valence-corrected chi connectivity index (χ1v) is 7.16. The van der Waals surface area contributed by atoms with Gasteiger partial charge >= 0.3 is 0 Å². The summed E-state index contributed by atoms with van der Waals surface area (Å²) >= 11 is 0. The van der Waals surface area contributed by atoms with Crippen LogP contribution in [0.25, 0.3) is 0 Å². The van der Waals surface area contributed by atoms with Crippen LogP contribution >= 0.6 is 0 Å². The molecule has 1 aliphatic rings. The van der Waals surface area contributed by atoms with Crippen molar-refractivity contribution in [2.24, 2.45) is 0 Å². The van der Waals surface area contributed by atoms with E-state index in [1.807, 2.05) is 13.8 Å². The Labute approximate surface area is 116 Å². The summed E-state index contributed by atoms with van der Waals surface area (Å²) < 4.78 is 0. The molecule has 0 saturated heterocycles. The molecule has 0 bridgehead atoms. The lowest BCUT2D eigenvalue weighted by Gasteiger charge is -2.11. The highest BCUT2D eigenvalue weighted by Crippen LogP contribution is 2.45. The Bertz CT molecular complexity index is 525. The number of allylic oxidation sites excluding steroid dienone is 1. The van der Waals surface area contributed by atoms with Gasteiger partial charge in [-0.15, -0.1) is 6.58 Å². The maximum atomic E-state index is 3.97. The third kappa shape index (κ3) is 2.63. The van der Waals surface area contributed by atoms with Crippen LogP contribution in [-0.2, 0) is 0 Å². The molecule has 0 aromatic heterocycles. The van der Waals surface area contributed by atoms with Crippen LogP contribution in [0.3, 0.4) is 0 Å². The van der Waals surface area contributed by atoms with Crippen molar-refractivity contribution in [2.75, 3.05) is 0 Å². The van der Waals surface area contributed by atoms with Crippen molar-refractivity contribution in [3.05, 3.63) is 83.9 Å². The molecule has 0 amide bonds. The summed E-state index contributed by atoms with van der Waals surface area (Å²) in [5.74, 6) is 1.05. The minimum Gasteiger partial charge on any atom is -0.102 e. The van der Waals surface area contributed by atoms with Crippen molar-refractivity contribution in [3.63, 3.8) is 0 Å². The lowest BCUT2D eigenvalue weighted by Crippen LogP contribution is -1.95. The molecule has 0 saturated carbocycles. The first kappa shape index (κ1) is 13.6. The lowest BCUT2D eigenvalue weighted by molar-refractivity contribution is 0.732. The first-order valence-electron chi connectivity index (χ1n) is 7.16. The van der Waals surface area contributed by atoms with Crippen LogP contribution in [0.1, 0.15) is 48.8 Å². The number of fused-ring (bicyclic) bond motifs is 1. The Kier molecular flexibility index (Phi) is 4.57. The van der Waals surface area contributed by atoms with Crippen LogP contribution < -0.4 is 0 Å². The van der Waals surface area contributed by atoms with Gasteiger partial charge in [0.25, 0.3) is 0 Å². The van der Waals surface area contributed by atoms with E-state index in [0.29, 0.717) is 11.8 Å². The summed E-state index contributed by atoms with van der Waals surface area (Å²) in [7, 11) is 0. The molecule has 98 valence electrons. The van der Waals surface area contributed by atoms with E-state index in [1.165, 1.54) is 16.7 Å². The molecule has 2 aromatic carbocycles. The predicted molar refractivity (Wildman–Crippen MR) is 83.6 cm³/mol. The Morgan fingerprint density at radius 3 is 2.11 bits per heavy atom. The van der Waals surface area contributed by atoms with Gasteiger partial charge in [0.05, 0.1) is 0 Å². The summed E-state index contributed by atoms with van der Waals surface area (Å²) in [5, 5.41) is 0. The van der Waals surface area contributed by atoms with Crippen LogP contribution in [0.15, 0.2) is 67.3 Å². The zero-order valence-corrected chi connectivity index (χ0v) is 11.8. The molecular weight excluding hydrogens is 228 g/mol. The molecule has 2 unspecified atom stereocenters. The molecule has 0 fully saturated rings. The second-order valence-corrected chi connectivity index (χ2v) is 4.67. The Morgan fingerprint density at radius 1 is 0.895 bits per heavy atom. The van der Waals surface area contributed by atoms with Crippen LogP contribution in [0.2, 0.25) is 0 Å². The van der Waals surface area contributed by atoms with Gasteiger partial charge in [0.1, 0.15) is 0 Å². The summed E-state index contributed by atoms with van der Waals surface area (Å²) in [6.07, 6.45) is 3.24. The van der Waals surface area contributed by atoms with Gasteiger partial charge in [-0.05, 0) is 23.1 Å². The van der Waals surface area contributed by atoms with Crippen molar-refractivity contribution < 1.29 is 0 Å². The van der Waals surface area contributed by atoms with Gasteiger partial charge in [-0.25, -0.2) is 0 Å². The average Bonchev–Trinajstić information content (AvgIpc) is 2.89. The van der Waals surface area contributed by atoms with Crippen molar-refractivity contribution >= 4 is 0 Å². The molecule has 3 rings (SSSR count). The van der Waals surface area contributed by atoms with Gasteiger partial charge in [-0.1, -0.05) is 74.5 Å². The topological polar surface area (TPSA) is 0 Å². The highest BCUT2D eigenvalue weighted by Gasteiger charge is 2.29. The van der Waals surface area contributed by atoms with E-state index in [2.05, 4.69) is 67.3 Å². The molecule has 0 N–H and O–H groups in total. The molecule has 2 aromatic rings. The van der Waals surface area contributed by atoms with E-state index in [-0.39, 0.29) is 0 Å². The van der Waals surface area contributed by atoms with Gasteiger partial charge in [-0.2, -0.15) is 0 Å². The van der Waals surface area contributed by atoms with Gasteiger partial charge in [0.15, 0.2) is 0 Å². The van der Waals surface area contributed by atoms with Crippen molar-refractivity contribution in [1.82, 2.24) is 0 Å². The fourth-order valence-corrected chi connectivity index (χ4v) is 2.90. The normalized spacial score (nSPS) is 20.1. The summed E-state index contributed by atoms with van der Waals surface area (Å²) in [4.78, 5) is 0. The monoisotopic (exact) mass is 250 g/mol. The van der Waals surface area contributed by atoms with Crippen LogP contribution in [0, 0.1) is 0 Å². The first-order chi connectivity index (χ1) is 9.40. The Hall–Kier alpha value is -1.82. The van der Waals surface area contributed by atoms with Crippen molar-refractivity contribution in [3.8, 4) is 0 Å². The number of hydrogen-bond acceptors (Lipinski definition) is 0. The van der Waals surface area contributed by atoms with Crippen LogP contribution in [-0.4, -0.2) is 0 Å². The largest absolute Gasteiger partial charge is 0.102 e. The van der Waals surface area contributed by atoms with Gasteiger partial charge in [0, 0.05) is 11.8 Å². The quantitative estimate of drug-likeness (QED) is 0.616. The molecule has 0 aliphatic heterocycles. The average molecular weight is 250 g/mol. The summed E-state index contributed by atoms with van der Waals surface area (Å²) in [6.45, 7) is 7.97. The van der Waals surface area contributed by atoms with E-state index in [4.69, 9.17) is 0 Å². The van der Waals surface area contributed by atoms with Crippen LogP contribution in [0.4, 0.5) is 0 Å². The molecule has 19 heavy (non-hydrogen) atoms. The van der Waals surface area contributed by atoms with E-state index in [1.54, 1.807) is 0 Å². The number of hydrogen-bond donors (Lipinski definition) is 0. The van der Waals surface area contributed by atoms with Crippen molar-refractivity contribution in [1.29, 1.82) is 0 Å². The molecule has 0 spiro atoms. The van der Waals surface area contributed by atoms with E-state index < -0.39 is 0 Å². The van der Waals surface area contributed by atoms with Gasteiger partial charge in [-0.3, -0.25) is 0 Å². The fraction of sp³-hybridized carbons (Fsp3) is 0.263.